The third kappa shape index (κ3) is 4.04. The Labute approximate surface area is 170 Å². The number of para-hydroxylation sites is 1. The minimum Gasteiger partial charge on any atom is -0.478 e. The second-order valence-electron chi connectivity index (χ2n) is 6.18. The Morgan fingerprint density at radius 2 is 1.83 bits per heavy atom. The van der Waals surface area contributed by atoms with Gasteiger partial charge < -0.3 is 5.11 Å². The van der Waals surface area contributed by atoms with Crippen LogP contribution in [-0.4, -0.2) is 28.2 Å². The van der Waals surface area contributed by atoms with Crippen molar-refractivity contribution in [2.75, 3.05) is 0 Å². The lowest BCUT2D eigenvalue weighted by molar-refractivity contribution is 0.0696. The molecule has 29 heavy (non-hydrogen) atoms. The van der Waals surface area contributed by atoms with E-state index in [1.54, 1.807) is 29.5 Å². The van der Waals surface area contributed by atoms with Gasteiger partial charge in [0, 0.05) is 5.39 Å². The van der Waals surface area contributed by atoms with Crippen molar-refractivity contribution in [2.45, 2.75) is 0 Å². The minimum absolute atomic E-state index is 0.190. The molecular formula is C22H15N3O3S. The number of hydrogen-bond donors (Lipinski definition) is 2. The summed E-state index contributed by atoms with van der Waals surface area (Å²) in [5, 5.41) is 15.6. The number of carbonyl (C=O) groups is 2. The van der Waals surface area contributed by atoms with Crippen molar-refractivity contribution in [1.82, 2.24) is 10.4 Å². The third-order valence-electron chi connectivity index (χ3n) is 4.27. The van der Waals surface area contributed by atoms with Gasteiger partial charge in [-0.2, -0.15) is 5.10 Å². The average molecular weight is 401 g/mol. The summed E-state index contributed by atoms with van der Waals surface area (Å²) in [7, 11) is 0. The standard InChI is InChI=1S/C22H15N3O3S/c26-21(25-23-13-14-7-9-15(10-8-14)22(27)28)17-12-19(20-6-3-11-29-20)24-18-5-2-1-4-16(17)18/h1-13H,(H,25,26)(H,27,28)/b23-13-. The van der Waals surface area contributed by atoms with Gasteiger partial charge in [0.05, 0.1) is 33.4 Å². The van der Waals surface area contributed by atoms with Gasteiger partial charge >= 0.3 is 5.97 Å². The van der Waals surface area contributed by atoms with Crippen molar-refractivity contribution < 1.29 is 14.7 Å². The summed E-state index contributed by atoms with van der Waals surface area (Å²) in [4.78, 5) is 29.3. The number of rotatable bonds is 5. The number of carboxylic acids is 1. The molecule has 6 nitrogen and oxygen atoms in total. The van der Waals surface area contributed by atoms with Gasteiger partial charge in [0.2, 0.25) is 0 Å². The molecule has 142 valence electrons. The molecule has 0 aliphatic heterocycles. The molecule has 4 rings (SSSR count). The van der Waals surface area contributed by atoms with E-state index in [0.29, 0.717) is 11.1 Å². The Morgan fingerprint density at radius 3 is 2.55 bits per heavy atom. The maximum atomic E-state index is 12.8. The van der Waals surface area contributed by atoms with Gasteiger partial charge in [-0.25, -0.2) is 15.2 Å². The highest BCUT2D eigenvalue weighted by Crippen LogP contribution is 2.27. The van der Waals surface area contributed by atoms with E-state index in [9.17, 15) is 9.59 Å². The van der Waals surface area contributed by atoms with E-state index in [1.165, 1.54) is 18.3 Å². The molecule has 0 bridgehead atoms. The fourth-order valence-corrected chi connectivity index (χ4v) is 3.54. The summed E-state index contributed by atoms with van der Waals surface area (Å²) in [6.07, 6.45) is 1.47. The molecule has 0 aliphatic carbocycles. The number of aromatic nitrogens is 1. The lowest BCUT2D eigenvalue weighted by atomic mass is 10.1. The van der Waals surface area contributed by atoms with Crippen LogP contribution in [-0.2, 0) is 0 Å². The van der Waals surface area contributed by atoms with Crippen LogP contribution < -0.4 is 5.43 Å². The maximum absolute atomic E-state index is 12.8. The van der Waals surface area contributed by atoms with Gasteiger partial charge in [-0.1, -0.05) is 36.4 Å². The number of hydrogen-bond acceptors (Lipinski definition) is 5. The molecule has 0 atom stereocenters. The fraction of sp³-hybridized carbons (Fsp3) is 0. The van der Waals surface area contributed by atoms with Crippen molar-refractivity contribution >= 4 is 40.3 Å². The quantitative estimate of drug-likeness (QED) is 0.382. The largest absolute Gasteiger partial charge is 0.478 e. The second kappa shape index (κ2) is 8.04. The topological polar surface area (TPSA) is 91.6 Å². The molecule has 1 amide bonds. The van der Waals surface area contributed by atoms with Gasteiger partial charge in [0.25, 0.3) is 5.91 Å². The molecular weight excluding hydrogens is 386 g/mol. The van der Waals surface area contributed by atoms with E-state index in [1.807, 2.05) is 41.8 Å². The molecule has 2 aromatic heterocycles. The predicted molar refractivity (Wildman–Crippen MR) is 114 cm³/mol. The number of thiophene rings is 1. The number of nitrogens with one attached hydrogen (secondary N) is 1. The first kappa shape index (κ1) is 18.5. The molecule has 4 aromatic rings. The average Bonchev–Trinajstić information content (AvgIpc) is 3.28. The zero-order valence-corrected chi connectivity index (χ0v) is 15.9. The van der Waals surface area contributed by atoms with E-state index < -0.39 is 5.97 Å². The lowest BCUT2D eigenvalue weighted by Crippen LogP contribution is -2.18. The first-order valence-corrected chi connectivity index (χ1v) is 9.60. The predicted octanol–water partition coefficient (Wildman–Crippen LogP) is 4.43. The Hall–Kier alpha value is -3.84. The molecule has 0 spiro atoms. The summed E-state index contributed by atoms with van der Waals surface area (Å²) in [6.45, 7) is 0. The highest BCUT2D eigenvalue weighted by Gasteiger charge is 2.14. The van der Waals surface area contributed by atoms with Crippen molar-refractivity contribution in [3.05, 3.63) is 88.8 Å². The first-order chi connectivity index (χ1) is 14.1. The smallest absolute Gasteiger partial charge is 0.335 e. The molecule has 2 N–H and O–H groups in total. The van der Waals surface area contributed by atoms with E-state index in [4.69, 9.17) is 5.11 Å². The van der Waals surface area contributed by atoms with Gasteiger partial charge in [-0.05, 0) is 41.3 Å². The molecule has 0 radical (unpaired) electrons. The molecule has 0 aliphatic rings. The summed E-state index contributed by atoms with van der Waals surface area (Å²) >= 11 is 1.56. The van der Waals surface area contributed by atoms with Crippen LogP contribution in [0, 0.1) is 0 Å². The monoisotopic (exact) mass is 401 g/mol. The Bertz CT molecular complexity index is 1220. The number of carboxylic acid groups (broad SMARTS) is 1. The fourth-order valence-electron chi connectivity index (χ4n) is 2.85. The maximum Gasteiger partial charge on any atom is 0.335 e. The minimum atomic E-state index is -0.993. The number of pyridine rings is 1. The molecule has 0 fully saturated rings. The highest BCUT2D eigenvalue weighted by atomic mass is 32.1. The summed E-state index contributed by atoms with van der Waals surface area (Å²) in [5.74, 6) is -1.34. The van der Waals surface area contributed by atoms with Crippen LogP contribution in [0.15, 0.2) is 77.2 Å². The number of benzene rings is 2. The van der Waals surface area contributed by atoms with Crippen LogP contribution in [0.4, 0.5) is 0 Å². The van der Waals surface area contributed by atoms with Crippen LogP contribution in [0.5, 0.6) is 0 Å². The van der Waals surface area contributed by atoms with Crippen molar-refractivity contribution in [3.8, 4) is 10.6 Å². The molecule has 0 saturated carbocycles. The number of hydrazone groups is 1. The van der Waals surface area contributed by atoms with Gasteiger partial charge in [0.1, 0.15) is 0 Å². The summed E-state index contributed by atoms with van der Waals surface area (Å²) in [5.41, 5.74) is 5.35. The summed E-state index contributed by atoms with van der Waals surface area (Å²) in [6, 6.07) is 19.3. The van der Waals surface area contributed by atoms with E-state index in [2.05, 4.69) is 15.5 Å². The van der Waals surface area contributed by atoms with E-state index in [-0.39, 0.29) is 11.5 Å². The van der Waals surface area contributed by atoms with Crippen LogP contribution in [0.25, 0.3) is 21.5 Å². The Morgan fingerprint density at radius 1 is 1.03 bits per heavy atom. The highest BCUT2D eigenvalue weighted by molar-refractivity contribution is 7.13. The first-order valence-electron chi connectivity index (χ1n) is 8.72. The molecule has 0 saturated heterocycles. The van der Waals surface area contributed by atoms with Crippen LogP contribution in [0.3, 0.4) is 0 Å². The lowest BCUT2D eigenvalue weighted by Gasteiger charge is -2.08. The van der Waals surface area contributed by atoms with Crippen LogP contribution in [0.1, 0.15) is 26.3 Å². The van der Waals surface area contributed by atoms with Gasteiger partial charge in [-0.3, -0.25) is 4.79 Å². The molecule has 2 aromatic carbocycles. The SMILES string of the molecule is O=C(O)c1ccc(/C=N\NC(=O)c2cc(-c3cccs3)nc3ccccc23)cc1. The molecule has 0 unspecified atom stereocenters. The zero-order valence-electron chi connectivity index (χ0n) is 15.1. The van der Waals surface area contributed by atoms with Crippen molar-refractivity contribution in [1.29, 1.82) is 0 Å². The van der Waals surface area contributed by atoms with E-state index in [0.717, 1.165) is 21.5 Å². The number of amides is 1. The molecule has 2 heterocycles. The Balaban J connectivity index is 1.60. The van der Waals surface area contributed by atoms with E-state index >= 15 is 0 Å². The zero-order chi connectivity index (χ0) is 20.2. The van der Waals surface area contributed by atoms with Crippen molar-refractivity contribution in [3.63, 3.8) is 0 Å². The second-order valence-corrected chi connectivity index (χ2v) is 7.12. The Kier molecular flexibility index (Phi) is 5.13. The van der Waals surface area contributed by atoms with Gasteiger partial charge in [-0.15, -0.1) is 11.3 Å². The normalized spacial score (nSPS) is 11.0. The summed E-state index contributed by atoms with van der Waals surface area (Å²) < 4.78 is 0. The van der Waals surface area contributed by atoms with Crippen LogP contribution >= 0.6 is 11.3 Å². The number of carbonyl (C=O) groups excluding carboxylic acids is 1. The van der Waals surface area contributed by atoms with Gasteiger partial charge in [0.15, 0.2) is 0 Å². The number of fused-ring (bicyclic) bond motifs is 1. The molecule has 7 heteroatoms. The number of nitrogens with zero attached hydrogens (tertiary/aromatic N) is 2. The van der Waals surface area contributed by atoms with Crippen molar-refractivity contribution in [2.24, 2.45) is 5.10 Å². The number of aromatic carboxylic acids is 1. The van der Waals surface area contributed by atoms with Crippen LogP contribution in [0.2, 0.25) is 0 Å². The third-order valence-corrected chi connectivity index (χ3v) is 5.16.